The van der Waals surface area contributed by atoms with E-state index < -0.39 is 6.10 Å². The van der Waals surface area contributed by atoms with Crippen LogP contribution in [0.5, 0.6) is 0 Å². The van der Waals surface area contributed by atoms with Gasteiger partial charge in [0.05, 0.1) is 12.1 Å². The second-order valence-corrected chi connectivity index (χ2v) is 6.25. The predicted molar refractivity (Wildman–Crippen MR) is 94.3 cm³/mol. The Kier molecular flexibility index (Phi) is 5.23. The zero-order valence-corrected chi connectivity index (χ0v) is 14.5. The quantitative estimate of drug-likeness (QED) is 0.874. The first kappa shape index (κ1) is 17.3. The van der Waals surface area contributed by atoms with Crippen LogP contribution in [0.4, 0.5) is 5.95 Å². The molecule has 0 spiro atoms. The van der Waals surface area contributed by atoms with Crippen molar-refractivity contribution in [3.63, 3.8) is 0 Å². The lowest BCUT2D eigenvalue weighted by molar-refractivity contribution is 0.0421. The van der Waals surface area contributed by atoms with Crippen molar-refractivity contribution in [2.45, 2.75) is 38.8 Å². The van der Waals surface area contributed by atoms with Crippen LogP contribution in [0, 0.1) is 6.92 Å². The van der Waals surface area contributed by atoms with Gasteiger partial charge in [-0.05, 0) is 37.5 Å². The summed E-state index contributed by atoms with van der Waals surface area (Å²) in [6.07, 6.45) is 4.16. The van der Waals surface area contributed by atoms with Crippen molar-refractivity contribution >= 4 is 11.9 Å². The SMILES string of the molecule is CCc1nc(N[C@@H]2CCN(C(=O)c3ccccn3)C[C@H]2O)ncc1C. The molecule has 1 aliphatic heterocycles. The van der Waals surface area contributed by atoms with E-state index in [1.807, 2.05) is 6.92 Å². The van der Waals surface area contributed by atoms with Crippen molar-refractivity contribution < 1.29 is 9.90 Å². The minimum atomic E-state index is -0.684. The lowest BCUT2D eigenvalue weighted by atomic mass is 10.0. The van der Waals surface area contributed by atoms with Gasteiger partial charge in [-0.1, -0.05) is 13.0 Å². The molecule has 0 aromatic carbocycles. The van der Waals surface area contributed by atoms with Gasteiger partial charge in [-0.25, -0.2) is 9.97 Å². The molecule has 0 saturated carbocycles. The summed E-state index contributed by atoms with van der Waals surface area (Å²) in [7, 11) is 0. The van der Waals surface area contributed by atoms with Crippen LogP contribution < -0.4 is 5.32 Å². The van der Waals surface area contributed by atoms with Gasteiger partial charge in [-0.3, -0.25) is 9.78 Å². The maximum absolute atomic E-state index is 12.4. The Hall–Kier alpha value is -2.54. The smallest absolute Gasteiger partial charge is 0.272 e. The van der Waals surface area contributed by atoms with Crippen LogP contribution in [0.2, 0.25) is 0 Å². The first-order valence-electron chi connectivity index (χ1n) is 8.56. The highest BCUT2D eigenvalue weighted by Gasteiger charge is 2.31. The first-order chi connectivity index (χ1) is 12.1. The normalized spacial score (nSPS) is 20.4. The van der Waals surface area contributed by atoms with Gasteiger partial charge < -0.3 is 15.3 Å². The molecule has 2 aromatic heterocycles. The molecule has 3 rings (SSSR count). The number of piperidine rings is 1. The summed E-state index contributed by atoms with van der Waals surface area (Å²) in [6, 6.07) is 5.06. The van der Waals surface area contributed by atoms with Crippen LogP contribution in [0.15, 0.2) is 30.6 Å². The number of aryl methyl sites for hydroxylation is 2. The Labute approximate surface area is 147 Å². The molecule has 0 aliphatic carbocycles. The molecule has 7 heteroatoms. The van der Waals surface area contributed by atoms with Crippen molar-refractivity contribution in [3.05, 3.63) is 47.5 Å². The summed E-state index contributed by atoms with van der Waals surface area (Å²) in [4.78, 5) is 27.0. The number of hydrogen-bond donors (Lipinski definition) is 2. The number of pyridine rings is 1. The van der Waals surface area contributed by atoms with Crippen molar-refractivity contribution in [2.75, 3.05) is 18.4 Å². The van der Waals surface area contributed by atoms with Crippen molar-refractivity contribution in [2.24, 2.45) is 0 Å². The second-order valence-electron chi connectivity index (χ2n) is 6.25. The van der Waals surface area contributed by atoms with E-state index >= 15 is 0 Å². The summed E-state index contributed by atoms with van der Waals surface area (Å²) < 4.78 is 0. The number of nitrogens with one attached hydrogen (secondary N) is 1. The third-order valence-electron chi connectivity index (χ3n) is 4.48. The van der Waals surface area contributed by atoms with Gasteiger partial charge in [-0.2, -0.15) is 0 Å². The highest BCUT2D eigenvalue weighted by atomic mass is 16.3. The predicted octanol–water partition coefficient (Wildman–Crippen LogP) is 1.43. The lowest BCUT2D eigenvalue weighted by Crippen LogP contribution is -2.52. The number of rotatable bonds is 4. The highest BCUT2D eigenvalue weighted by Crippen LogP contribution is 2.17. The number of carbonyl (C=O) groups is 1. The maximum atomic E-state index is 12.4. The van der Waals surface area contributed by atoms with Gasteiger partial charge in [0.25, 0.3) is 5.91 Å². The van der Waals surface area contributed by atoms with Gasteiger partial charge >= 0.3 is 0 Å². The number of aromatic nitrogens is 3. The van der Waals surface area contributed by atoms with Gasteiger partial charge in [0, 0.05) is 31.2 Å². The number of aliphatic hydroxyl groups excluding tert-OH is 1. The molecule has 0 radical (unpaired) electrons. The fourth-order valence-corrected chi connectivity index (χ4v) is 3.01. The van der Waals surface area contributed by atoms with E-state index in [2.05, 4.69) is 27.2 Å². The third-order valence-corrected chi connectivity index (χ3v) is 4.48. The molecule has 2 aromatic rings. The Morgan fingerprint density at radius 3 is 2.92 bits per heavy atom. The number of hydrogen-bond acceptors (Lipinski definition) is 6. The molecule has 0 bridgehead atoms. The van der Waals surface area contributed by atoms with E-state index in [-0.39, 0.29) is 18.5 Å². The molecule has 1 saturated heterocycles. The Bertz CT molecular complexity index is 738. The van der Waals surface area contributed by atoms with E-state index in [1.54, 1.807) is 35.5 Å². The Morgan fingerprint density at radius 2 is 2.24 bits per heavy atom. The average molecular weight is 341 g/mol. The van der Waals surface area contributed by atoms with Gasteiger partial charge in [0.2, 0.25) is 5.95 Å². The molecule has 2 atom stereocenters. The number of anilines is 1. The molecule has 25 heavy (non-hydrogen) atoms. The minimum Gasteiger partial charge on any atom is -0.389 e. The highest BCUT2D eigenvalue weighted by molar-refractivity contribution is 5.92. The van der Waals surface area contributed by atoms with Crippen molar-refractivity contribution in [3.8, 4) is 0 Å². The van der Waals surface area contributed by atoms with Gasteiger partial charge in [0.15, 0.2) is 0 Å². The van der Waals surface area contributed by atoms with Crippen LogP contribution in [0.3, 0.4) is 0 Å². The van der Waals surface area contributed by atoms with Crippen LogP contribution in [-0.2, 0) is 6.42 Å². The van der Waals surface area contributed by atoms with Crippen LogP contribution in [-0.4, -0.2) is 56.1 Å². The molecule has 3 heterocycles. The van der Waals surface area contributed by atoms with Crippen molar-refractivity contribution in [1.29, 1.82) is 0 Å². The number of nitrogens with zero attached hydrogens (tertiary/aromatic N) is 4. The Balaban J connectivity index is 1.63. The molecule has 1 aliphatic rings. The monoisotopic (exact) mass is 341 g/mol. The molecular formula is C18H23N5O2. The Morgan fingerprint density at radius 1 is 1.40 bits per heavy atom. The topological polar surface area (TPSA) is 91.2 Å². The summed E-state index contributed by atoms with van der Waals surface area (Å²) in [5, 5.41) is 13.7. The summed E-state index contributed by atoms with van der Waals surface area (Å²) in [6.45, 7) is 4.85. The molecule has 1 amide bonds. The zero-order valence-electron chi connectivity index (χ0n) is 14.5. The second kappa shape index (κ2) is 7.57. The standard InChI is InChI=1S/C18H23N5O2/c1-3-13-12(2)10-20-18(21-13)22-14-7-9-23(11-16(14)24)17(25)15-6-4-5-8-19-15/h4-6,8,10,14,16,24H,3,7,9,11H2,1-2H3,(H,20,21,22)/t14-,16-/m1/s1. The summed E-state index contributed by atoms with van der Waals surface area (Å²) in [5.74, 6) is 0.369. The van der Waals surface area contributed by atoms with Crippen LogP contribution in [0.25, 0.3) is 0 Å². The lowest BCUT2D eigenvalue weighted by Gasteiger charge is -2.36. The fourth-order valence-electron chi connectivity index (χ4n) is 3.01. The van der Waals surface area contributed by atoms with Crippen molar-refractivity contribution in [1.82, 2.24) is 19.9 Å². The number of amides is 1. The molecule has 2 N–H and O–H groups in total. The third kappa shape index (κ3) is 3.93. The molecule has 132 valence electrons. The zero-order chi connectivity index (χ0) is 17.8. The molecule has 1 fully saturated rings. The van der Waals surface area contributed by atoms with E-state index in [1.165, 1.54) is 0 Å². The number of aliphatic hydroxyl groups is 1. The summed E-state index contributed by atoms with van der Waals surface area (Å²) >= 11 is 0. The number of likely N-dealkylation sites (tertiary alicyclic amines) is 1. The minimum absolute atomic E-state index is 0.155. The van der Waals surface area contributed by atoms with E-state index in [9.17, 15) is 9.90 Å². The maximum Gasteiger partial charge on any atom is 0.272 e. The molecule has 7 nitrogen and oxygen atoms in total. The largest absolute Gasteiger partial charge is 0.389 e. The van der Waals surface area contributed by atoms with E-state index in [4.69, 9.17) is 0 Å². The summed E-state index contributed by atoms with van der Waals surface area (Å²) in [5.41, 5.74) is 2.45. The average Bonchev–Trinajstić information content (AvgIpc) is 2.65. The van der Waals surface area contributed by atoms with Crippen LogP contribution in [0.1, 0.15) is 35.1 Å². The van der Waals surface area contributed by atoms with Crippen LogP contribution >= 0.6 is 0 Å². The van der Waals surface area contributed by atoms with Gasteiger partial charge in [-0.15, -0.1) is 0 Å². The van der Waals surface area contributed by atoms with E-state index in [0.717, 1.165) is 17.7 Å². The number of carbonyl (C=O) groups excluding carboxylic acids is 1. The fraction of sp³-hybridized carbons (Fsp3) is 0.444. The molecular weight excluding hydrogens is 318 g/mol. The van der Waals surface area contributed by atoms with E-state index in [0.29, 0.717) is 24.6 Å². The first-order valence-corrected chi connectivity index (χ1v) is 8.56. The number of β-amino-alcohol motifs (C(OH)–C–C–N with tert-alkyl or cyclic N) is 1. The van der Waals surface area contributed by atoms with Gasteiger partial charge in [0.1, 0.15) is 5.69 Å². The molecule has 0 unspecified atom stereocenters.